The zero-order valence-corrected chi connectivity index (χ0v) is 10.9. The first-order valence-electron chi connectivity index (χ1n) is 6.05. The summed E-state index contributed by atoms with van der Waals surface area (Å²) < 4.78 is 10.3. The Hall–Kier alpha value is -3.31. The van der Waals surface area contributed by atoms with E-state index in [1.807, 2.05) is 12.1 Å². The van der Waals surface area contributed by atoms with E-state index < -0.39 is 5.97 Å². The lowest BCUT2D eigenvalue weighted by molar-refractivity contribution is -0.136. The fourth-order valence-electron chi connectivity index (χ4n) is 1.61. The molecular weight excluding hydrogens is 268 g/mol. The van der Waals surface area contributed by atoms with Crippen LogP contribution in [0.15, 0.2) is 48.5 Å². The second-order valence-electron chi connectivity index (χ2n) is 4.01. The van der Waals surface area contributed by atoms with Gasteiger partial charge in [-0.15, -0.1) is 0 Å². The number of hydrogen-bond acceptors (Lipinski definition) is 5. The first-order chi connectivity index (χ1) is 10.2. The van der Waals surface area contributed by atoms with E-state index in [4.69, 9.17) is 20.0 Å². The van der Waals surface area contributed by atoms with Crippen LogP contribution in [0.4, 0.5) is 0 Å². The molecule has 0 heterocycles. The van der Waals surface area contributed by atoms with Gasteiger partial charge in [-0.25, -0.2) is 4.79 Å². The summed E-state index contributed by atoms with van der Waals surface area (Å²) in [5.41, 5.74) is 0.743. The van der Waals surface area contributed by atoms with E-state index in [0.717, 1.165) is 0 Å². The van der Waals surface area contributed by atoms with Crippen molar-refractivity contribution < 1.29 is 14.3 Å². The SMILES string of the molecule is N#Cc1cccc(OC(=O)COc2ccccc2C#N)c1. The van der Waals surface area contributed by atoms with Gasteiger partial charge in [-0.3, -0.25) is 0 Å². The van der Waals surface area contributed by atoms with Crippen LogP contribution in [0.1, 0.15) is 11.1 Å². The molecule has 0 atom stereocenters. The predicted molar refractivity (Wildman–Crippen MR) is 73.4 cm³/mol. The van der Waals surface area contributed by atoms with Crippen LogP contribution < -0.4 is 9.47 Å². The molecule has 2 rings (SSSR count). The molecule has 5 nitrogen and oxygen atoms in total. The molecule has 21 heavy (non-hydrogen) atoms. The van der Waals surface area contributed by atoms with E-state index in [0.29, 0.717) is 16.9 Å². The number of rotatable bonds is 4. The van der Waals surface area contributed by atoms with Crippen LogP contribution in [0, 0.1) is 22.7 Å². The van der Waals surface area contributed by atoms with Crippen molar-refractivity contribution >= 4 is 5.97 Å². The highest BCUT2D eigenvalue weighted by Gasteiger charge is 2.09. The molecule has 0 spiro atoms. The first-order valence-corrected chi connectivity index (χ1v) is 6.05. The molecule has 0 saturated carbocycles. The van der Waals surface area contributed by atoms with Crippen LogP contribution in [-0.2, 0) is 4.79 Å². The number of carbonyl (C=O) groups excluding carboxylic acids is 1. The summed E-state index contributed by atoms with van der Waals surface area (Å²) in [4.78, 5) is 11.7. The minimum atomic E-state index is -0.613. The molecule has 0 unspecified atom stereocenters. The van der Waals surface area contributed by atoms with Crippen LogP contribution >= 0.6 is 0 Å². The van der Waals surface area contributed by atoms with Gasteiger partial charge in [0.25, 0.3) is 0 Å². The average Bonchev–Trinajstić information content (AvgIpc) is 2.53. The summed E-state index contributed by atoms with van der Waals surface area (Å²) in [6.45, 7) is -0.324. The van der Waals surface area contributed by atoms with Gasteiger partial charge in [0.1, 0.15) is 17.6 Å². The minimum Gasteiger partial charge on any atom is -0.481 e. The maximum absolute atomic E-state index is 11.7. The van der Waals surface area contributed by atoms with E-state index in [1.54, 1.807) is 42.5 Å². The third-order valence-electron chi connectivity index (χ3n) is 2.55. The Morgan fingerprint density at radius 1 is 1.05 bits per heavy atom. The average molecular weight is 278 g/mol. The Labute approximate surface area is 121 Å². The Morgan fingerprint density at radius 3 is 2.62 bits per heavy atom. The van der Waals surface area contributed by atoms with Gasteiger partial charge in [0, 0.05) is 0 Å². The maximum Gasteiger partial charge on any atom is 0.349 e. The highest BCUT2D eigenvalue weighted by molar-refractivity contribution is 5.74. The number of ether oxygens (including phenoxy) is 2. The topological polar surface area (TPSA) is 83.1 Å². The standard InChI is InChI=1S/C16H10N2O3/c17-9-12-4-3-6-14(8-12)21-16(19)11-20-15-7-2-1-5-13(15)10-18/h1-8H,11H2. The van der Waals surface area contributed by atoms with Crippen LogP contribution in [0.2, 0.25) is 0 Å². The molecule has 0 aliphatic rings. The number of esters is 1. The van der Waals surface area contributed by atoms with Crippen LogP contribution in [0.5, 0.6) is 11.5 Å². The van der Waals surface area contributed by atoms with Crippen molar-refractivity contribution in [3.8, 4) is 23.6 Å². The fraction of sp³-hybridized carbons (Fsp3) is 0.0625. The molecule has 2 aromatic carbocycles. The Bertz CT molecular complexity index is 742. The molecule has 0 aromatic heterocycles. The molecule has 0 aliphatic carbocycles. The van der Waals surface area contributed by atoms with E-state index in [2.05, 4.69) is 0 Å². The van der Waals surface area contributed by atoms with Crippen molar-refractivity contribution in [1.82, 2.24) is 0 Å². The van der Waals surface area contributed by atoms with Crippen molar-refractivity contribution in [3.05, 3.63) is 59.7 Å². The van der Waals surface area contributed by atoms with Gasteiger partial charge in [-0.1, -0.05) is 18.2 Å². The van der Waals surface area contributed by atoms with Gasteiger partial charge in [0.15, 0.2) is 6.61 Å². The number of benzene rings is 2. The lowest BCUT2D eigenvalue weighted by atomic mass is 10.2. The molecule has 0 saturated heterocycles. The second-order valence-corrected chi connectivity index (χ2v) is 4.01. The monoisotopic (exact) mass is 278 g/mol. The van der Waals surface area contributed by atoms with E-state index in [-0.39, 0.29) is 12.4 Å². The lowest BCUT2D eigenvalue weighted by Crippen LogP contribution is -2.18. The van der Waals surface area contributed by atoms with Crippen molar-refractivity contribution in [2.24, 2.45) is 0 Å². The molecule has 0 fully saturated rings. The molecular formula is C16H10N2O3. The van der Waals surface area contributed by atoms with Gasteiger partial charge in [0.2, 0.25) is 0 Å². The molecule has 0 N–H and O–H groups in total. The number of nitriles is 2. The smallest absolute Gasteiger partial charge is 0.349 e. The highest BCUT2D eigenvalue weighted by Crippen LogP contribution is 2.17. The summed E-state index contributed by atoms with van der Waals surface area (Å²) >= 11 is 0. The van der Waals surface area contributed by atoms with Gasteiger partial charge >= 0.3 is 5.97 Å². The Kier molecular flexibility index (Phi) is 4.53. The highest BCUT2D eigenvalue weighted by atomic mass is 16.6. The molecule has 2 aromatic rings. The number of nitrogens with zero attached hydrogens (tertiary/aromatic N) is 2. The van der Waals surface area contributed by atoms with Crippen LogP contribution in [-0.4, -0.2) is 12.6 Å². The Balaban J connectivity index is 1.96. The third kappa shape index (κ3) is 3.82. The predicted octanol–water partition coefficient (Wildman–Crippen LogP) is 2.41. The van der Waals surface area contributed by atoms with Crippen LogP contribution in [0.3, 0.4) is 0 Å². The molecule has 102 valence electrons. The van der Waals surface area contributed by atoms with Gasteiger partial charge < -0.3 is 9.47 Å². The molecule has 0 radical (unpaired) electrons. The summed E-state index contributed by atoms with van der Waals surface area (Å²) in [5.74, 6) is -0.0169. The quantitative estimate of drug-likeness (QED) is 0.633. The van der Waals surface area contributed by atoms with Gasteiger partial charge in [-0.2, -0.15) is 10.5 Å². The number of para-hydroxylation sites is 1. The first kappa shape index (κ1) is 14.1. The minimum absolute atomic E-state index is 0.274. The summed E-state index contributed by atoms with van der Waals surface area (Å²) in [6, 6.07) is 16.8. The van der Waals surface area contributed by atoms with Crippen molar-refractivity contribution in [3.63, 3.8) is 0 Å². The van der Waals surface area contributed by atoms with Crippen molar-refractivity contribution in [1.29, 1.82) is 10.5 Å². The zero-order valence-electron chi connectivity index (χ0n) is 10.9. The second kappa shape index (κ2) is 6.74. The van der Waals surface area contributed by atoms with Crippen molar-refractivity contribution in [2.45, 2.75) is 0 Å². The Morgan fingerprint density at radius 2 is 1.86 bits per heavy atom. The normalized spacial score (nSPS) is 9.24. The summed E-state index contributed by atoms with van der Waals surface area (Å²) in [5, 5.41) is 17.7. The number of hydrogen-bond donors (Lipinski definition) is 0. The number of carbonyl (C=O) groups is 1. The van der Waals surface area contributed by atoms with E-state index in [1.165, 1.54) is 6.07 Å². The molecule has 0 aliphatic heterocycles. The lowest BCUT2D eigenvalue weighted by Gasteiger charge is -2.07. The zero-order chi connectivity index (χ0) is 15.1. The largest absolute Gasteiger partial charge is 0.481 e. The summed E-state index contributed by atoms with van der Waals surface area (Å²) in [7, 11) is 0. The summed E-state index contributed by atoms with van der Waals surface area (Å²) in [6.07, 6.45) is 0. The maximum atomic E-state index is 11.7. The van der Waals surface area contributed by atoms with Crippen LogP contribution in [0.25, 0.3) is 0 Å². The van der Waals surface area contributed by atoms with E-state index >= 15 is 0 Å². The van der Waals surface area contributed by atoms with Crippen molar-refractivity contribution in [2.75, 3.05) is 6.61 Å². The van der Waals surface area contributed by atoms with Gasteiger partial charge in [-0.05, 0) is 30.3 Å². The third-order valence-corrected chi connectivity index (χ3v) is 2.55. The van der Waals surface area contributed by atoms with E-state index in [9.17, 15) is 4.79 Å². The molecule has 5 heteroatoms. The molecule has 0 amide bonds. The fourth-order valence-corrected chi connectivity index (χ4v) is 1.61. The van der Waals surface area contributed by atoms with Gasteiger partial charge in [0.05, 0.1) is 17.2 Å². The molecule has 0 bridgehead atoms.